The van der Waals surface area contributed by atoms with E-state index in [-0.39, 0.29) is 11.9 Å². The summed E-state index contributed by atoms with van der Waals surface area (Å²) in [7, 11) is 1.58. The topological polar surface area (TPSA) is 96.7 Å². The standard InChI is InChI=1S/C5H9N5OS/c1-7-3(11)2-12-5-8-4(6)9-10-5/h2H2,1H3,(H,7,11)(H3,6,8,9,10). The Morgan fingerprint density at radius 2 is 2.58 bits per heavy atom. The molecule has 1 aromatic heterocycles. The highest BCUT2D eigenvalue weighted by Gasteiger charge is 2.03. The average molecular weight is 187 g/mol. The largest absolute Gasteiger partial charge is 0.368 e. The average Bonchev–Trinajstić information content (AvgIpc) is 2.47. The van der Waals surface area contributed by atoms with Crippen LogP contribution in [0.4, 0.5) is 5.95 Å². The number of hydrogen-bond donors (Lipinski definition) is 3. The molecule has 0 bridgehead atoms. The van der Waals surface area contributed by atoms with Crippen molar-refractivity contribution in [1.29, 1.82) is 0 Å². The number of nitrogen functional groups attached to an aromatic ring is 1. The van der Waals surface area contributed by atoms with Gasteiger partial charge in [-0.2, -0.15) is 4.98 Å². The number of anilines is 1. The van der Waals surface area contributed by atoms with Crippen molar-refractivity contribution in [3.63, 3.8) is 0 Å². The van der Waals surface area contributed by atoms with Crippen molar-refractivity contribution < 1.29 is 4.79 Å². The molecular weight excluding hydrogens is 178 g/mol. The maximum atomic E-state index is 10.8. The number of nitrogens with one attached hydrogen (secondary N) is 2. The summed E-state index contributed by atoms with van der Waals surface area (Å²) in [4.78, 5) is 14.6. The molecule has 0 saturated carbocycles. The Morgan fingerprint density at radius 3 is 3.08 bits per heavy atom. The van der Waals surface area contributed by atoms with Gasteiger partial charge in [-0.15, -0.1) is 5.10 Å². The van der Waals surface area contributed by atoms with E-state index in [1.165, 1.54) is 11.8 Å². The molecule has 6 nitrogen and oxygen atoms in total. The van der Waals surface area contributed by atoms with Crippen molar-refractivity contribution in [3.05, 3.63) is 0 Å². The Kier molecular flexibility index (Phi) is 2.92. The van der Waals surface area contributed by atoms with E-state index in [1.807, 2.05) is 0 Å². The van der Waals surface area contributed by atoms with Gasteiger partial charge in [0.2, 0.25) is 17.0 Å². The van der Waals surface area contributed by atoms with Crippen molar-refractivity contribution >= 4 is 23.6 Å². The van der Waals surface area contributed by atoms with Gasteiger partial charge in [0, 0.05) is 7.05 Å². The van der Waals surface area contributed by atoms with Gasteiger partial charge in [0.05, 0.1) is 5.75 Å². The Labute approximate surface area is 73.3 Å². The molecule has 0 aliphatic rings. The first-order valence-electron chi connectivity index (χ1n) is 3.23. The van der Waals surface area contributed by atoms with Crippen LogP contribution in [-0.2, 0) is 4.79 Å². The molecule has 12 heavy (non-hydrogen) atoms. The number of nitrogens with zero attached hydrogens (tertiary/aromatic N) is 2. The van der Waals surface area contributed by atoms with Gasteiger partial charge in [0.1, 0.15) is 0 Å². The fourth-order valence-electron chi connectivity index (χ4n) is 0.525. The minimum atomic E-state index is -0.0663. The summed E-state index contributed by atoms with van der Waals surface area (Å²) in [5, 5.41) is 9.19. The summed E-state index contributed by atoms with van der Waals surface area (Å²) in [6.45, 7) is 0. The van der Waals surface area contributed by atoms with E-state index < -0.39 is 0 Å². The highest BCUT2D eigenvalue weighted by atomic mass is 32.2. The van der Waals surface area contributed by atoms with Crippen LogP contribution in [0.5, 0.6) is 0 Å². The smallest absolute Gasteiger partial charge is 0.230 e. The zero-order valence-corrected chi connectivity index (χ0v) is 7.31. The summed E-state index contributed by atoms with van der Waals surface area (Å²) in [6.07, 6.45) is 0. The predicted molar refractivity (Wildman–Crippen MR) is 45.6 cm³/mol. The van der Waals surface area contributed by atoms with E-state index in [4.69, 9.17) is 5.73 Å². The molecular formula is C5H9N5OS. The molecule has 66 valence electrons. The molecule has 0 radical (unpaired) electrons. The number of carbonyl (C=O) groups excluding carboxylic acids is 1. The first-order chi connectivity index (χ1) is 5.72. The number of amides is 1. The van der Waals surface area contributed by atoms with Crippen LogP contribution in [0.25, 0.3) is 0 Å². The molecule has 0 unspecified atom stereocenters. The highest BCUT2D eigenvalue weighted by Crippen LogP contribution is 2.11. The third-order valence-corrected chi connectivity index (χ3v) is 1.94. The van der Waals surface area contributed by atoms with Gasteiger partial charge in [-0.25, -0.2) is 5.10 Å². The summed E-state index contributed by atoms with van der Waals surface area (Å²) >= 11 is 1.23. The number of aromatic nitrogens is 3. The minimum absolute atomic E-state index is 0.0663. The van der Waals surface area contributed by atoms with Gasteiger partial charge in [-0.05, 0) is 0 Å². The van der Waals surface area contributed by atoms with Gasteiger partial charge in [0.25, 0.3) is 0 Å². The molecule has 4 N–H and O–H groups in total. The molecule has 1 aromatic rings. The number of nitrogens with two attached hydrogens (primary N) is 1. The second-order valence-corrected chi connectivity index (χ2v) is 2.91. The lowest BCUT2D eigenvalue weighted by Crippen LogP contribution is -2.19. The lowest BCUT2D eigenvalue weighted by Gasteiger charge is -1.94. The summed E-state index contributed by atoms with van der Waals surface area (Å²) in [5.41, 5.74) is 5.27. The fourth-order valence-corrected chi connectivity index (χ4v) is 1.20. The molecule has 0 aromatic carbocycles. The second kappa shape index (κ2) is 3.96. The highest BCUT2D eigenvalue weighted by molar-refractivity contribution is 7.99. The van der Waals surface area contributed by atoms with Crippen molar-refractivity contribution in [1.82, 2.24) is 20.5 Å². The zero-order chi connectivity index (χ0) is 8.97. The van der Waals surface area contributed by atoms with Crippen molar-refractivity contribution in [2.24, 2.45) is 0 Å². The maximum Gasteiger partial charge on any atom is 0.230 e. The quantitative estimate of drug-likeness (QED) is 0.540. The Bertz CT molecular complexity index is 273. The monoisotopic (exact) mass is 187 g/mol. The van der Waals surface area contributed by atoms with Gasteiger partial charge in [-0.1, -0.05) is 11.8 Å². The molecule has 1 amide bonds. The van der Waals surface area contributed by atoms with Crippen molar-refractivity contribution in [2.45, 2.75) is 5.16 Å². The number of H-pyrrole nitrogens is 1. The Hall–Kier alpha value is -1.24. The first kappa shape index (κ1) is 8.85. The SMILES string of the molecule is CNC(=O)CSc1n[nH]c(N)n1. The number of carbonyl (C=O) groups is 1. The molecule has 0 fully saturated rings. The van der Waals surface area contributed by atoms with Crippen LogP contribution in [0, 0.1) is 0 Å². The molecule has 1 rings (SSSR count). The lowest BCUT2D eigenvalue weighted by atomic mass is 10.7. The zero-order valence-electron chi connectivity index (χ0n) is 6.50. The van der Waals surface area contributed by atoms with Gasteiger partial charge >= 0.3 is 0 Å². The van der Waals surface area contributed by atoms with Crippen LogP contribution in [0.15, 0.2) is 5.16 Å². The number of thioether (sulfide) groups is 1. The van der Waals surface area contributed by atoms with E-state index in [9.17, 15) is 4.79 Å². The number of rotatable bonds is 3. The maximum absolute atomic E-state index is 10.8. The minimum Gasteiger partial charge on any atom is -0.368 e. The van der Waals surface area contributed by atoms with Crippen LogP contribution in [0.1, 0.15) is 0 Å². The number of hydrogen-bond acceptors (Lipinski definition) is 5. The van der Waals surface area contributed by atoms with E-state index in [1.54, 1.807) is 7.05 Å². The van der Waals surface area contributed by atoms with E-state index in [0.717, 1.165) is 0 Å². The van der Waals surface area contributed by atoms with Gasteiger partial charge < -0.3 is 11.1 Å². The summed E-state index contributed by atoms with van der Waals surface area (Å²) in [5.74, 6) is 0.492. The molecule has 0 aliphatic carbocycles. The fraction of sp³-hybridized carbons (Fsp3) is 0.400. The van der Waals surface area contributed by atoms with Crippen LogP contribution in [0.2, 0.25) is 0 Å². The summed E-state index contributed by atoms with van der Waals surface area (Å²) < 4.78 is 0. The summed E-state index contributed by atoms with van der Waals surface area (Å²) in [6, 6.07) is 0. The third-order valence-electron chi connectivity index (χ3n) is 1.09. The molecule has 0 atom stereocenters. The lowest BCUT2D eigenvalue weighted by molar-refractivity contribution is -0.118. The molecule has 7 heteroatoms. The third kappa shape index (κ3) is 2.42. The van der Waals surface area contributed by atoms with E-state index in [0.29, 0.717) is 10.9 Å². The first-order valence-corrected chi connectivity index (χ1v) is 4.22. The van der Waals surface area contributed by atoms with Gasteiger partial charge in [-0.3, -0.25) is 4.79 Å². The normalized spacial score (nSPS) is 9.75. The van der Waals surface area contributed by atoms with E-state index >= 15 is 0 Å². The number of aromatic amines is 1. The van der Waals surface area contributed by atoms with Crippen molar-refractivity contribution in [3.8, 4) is 0 Å². The van der Waals surface area contributed by atoms with E-state index in [2.05, 4.69) is 20.5 Å². The Morgan fingerprint density at radius 1 is 1.83 bits per heavy atom. The molecule has 0 aliphatic heterocycles. The molecule has 0 spiro atoms. The Balaban J connectivity index is 2.38. The predicted octanol–water partition coefficient (Wildman–Crippen LogP) is -0.775. The molecule has 0 saturated heterocycles. The van der Waals surface area contributed by atoms with Crippen LogP contribution < -0.4 is 11.1 Å². The van der Waals surface area contributed by atoms with Crippen molar-refractivity contribution in [2.75, 3.05) is 18.5 Å². The van der Waals surface area contributed by atoms with Crippen LogP contribution in [0.3, 0.4) is 0 Å². The van der Waals surface area contributed by atoms with Crippen LogP contribution in [-0.4, -0.2) is 33.9 Å². The van der Waals surface area contributed by atoms with Crippen LogP contribution >= 0.6 is 11.8 Å². The molecule has 1 heterocycles. The van der Waals surface area contributed by atoms with Gasteiger partial charge in [0.15, 0.2) is 0 Å². The second-order valence-electron chi connectivity index (χ2n) is 1.97.